The monoisotopic (exact) mass is 334 g/mol. The Morgan fingerprint density at radius 1 is 1.26 bits per heavy atom. The number of sulfonamides is 1. The molecule has 2 heterocycles. The summed E-state index contributed by atoms with van der Waals surface area (Å²) in [6.07, 6.45) is 2.12. The number of hydrogen-bond acceptors (Lipinski definition) is 3. The predicted octanol–water partition coefficient (Wildman–Crippen LogP) is 1.90. The lowest BCUT2D eigenvalue weighted by atomic mass is 9.99. The lowest BCUT2D eigenvalue weighted by molar-refractivity contribution is 0.0686. The molecule has 6 nitrogen and oxygen atoms in total. The fourth-order valence-corrected chi connectivity index (χ4v) is 4.55. The number of aromatic carboxylic acids is 1. The summed E-state index contributed by atoms with van der Waals surface area (Å²) < 4.78 is 28.2. The van der Waals surface area contributed by atoms with Crippen molar-refractivity contribution >= 4 is 16.0 Å². The molecule has 0 radical (unpaired) electrons. The van der Waals surface area contributed by atoms with Gasteiger partial charge in [-0.05, 0) is 24.0 Å². The second-order valence-electron chi connectivity index (χ2n) is 5.74. The summed E-state index contributed by atoms with van der Waals surface area (Å²) in [4.78, 5) is 11.1. The molecule has 0 bridgehead atoms. The van der Waals surface area contributed by atoms with E-state index in [1.165, 1.54) is 28.2 Å². The zero-order chi connectivity index (χ0) is 16.6. The summed E-state index contributed by atoms with van der Waals surface area (Å²) in [5.41, 5.74) is 1.09. The third kappa shape index (κ3) is 2.89. The van der Waals surface area contributed by atoms with E-state index < -0.39 is 16.0 Å². The normalized spacial score (nSPS) is 19.1. The summed E-state index contributed by atoms with van der Waals surface area (Å²) in [5.74, 6) is -0.967. The number of hydrogen-bond donors (Lipinski definition) is 1. The van der Waals surface area contributed by atoms with Crippen molar-refractivity contribution in [2.24, 2.45) is 7.05 Å². The maximum atomic E-state index is 12.7. The fourth-order valence-electron chi connectivity index (χ4n) is 2.98. The van der Waals surface area contributed by atoms with Crippen molar-refractivity contribution in [3.8, 4) is 0 Å². The molecule has 122 valence electrons. The molecule has 1 saturated heterocycles. The first kappa shape index (κ1) is 15.8. The molecular weight excluding hydrogens is 316 g/mol. The van der Waals surface area contributed by atoms with Gasteiger partial charge in [-0.1, -0.05) is 30.3 Å². The highest BCUT2D eigenvalue weighted by molar-refractivity contribution is 7.89. The quantitative estimate of drug-likeness (QED) is 0.926. The maximum absolute atomic E-state index is 12.7. The first-order chi connectivity index (χ1) is 10.9. The van der Waals surface area contributed by atoms with Crippen LogP contribution in [0.5, 0.6) is 0 Å². The van der Waals surface area contributed by atoms with Crippen LogP contribution < -0.4 is 0 Å². The van der Waals surface area contributed by atoms with Crippen LogP contribution in [-0.2, 0) is 17.1 Å². The van der Waals surface area contributed by atoms with Crippen molar-refractivity contribution in [3.05, 3.63) is 53.9 Å². The zero-order valence-electron chi connectivity index (χ0n) is 12.7. The summed E-state index contributed by atoms with van der Waals surface area (Å²) in [5, 5.41) is 9.07. The highest BCUT2D eigenvalue weighted by Crippen LogP contribution is 2.31. The second-order valence-corrected chi connectivity index (χ2v) is 7.67. The summed E-state index contributed by atoms with van der Waals surface area (Å²) in [6, 6.07) is 11.1. The van der Waals surface area contributed by atoms with Crippen molar-refractivity contribution in [3.63, 3.8) is 0 Å². The third-order valence-electron chi connectivity index (χ3n) is 4.26. The third-order valence-corrected chi connectivity index (χ3v) is 6.09. The highest BCUT2D eigenvalue weighted by atomic mass is 32.2. The molecule has 0 aliphatic carbocycles. The molecule has 0 amide bonds. The van der Waals surface area contributed by atoms with E-state index >= 15 is 0 Å². The van der Waals surface area contributed by atoms with Gasteiger partial charge in [0.25, 0.3) is 0 Å². The Morgan fingerprint density at radius 2 is 1.96 bits per heavy atom. The molecule has 1 atom stereocenters. The lowest BCUT2D eigenvalue weighted by Crippen LogP contribution is -2.28. The SMILES string of the molecule is Cn1cc(S(=O)(=O)N2CCC(c3ccccc3)C2)cc1C(=O)O. The average molecular weight is 334 g/mol. The number of aryl methyl sites for hydroxylation is 1. The van der Waals surface area contributed by atoms with Gasteiger partial charge >= 0.3 is 5.97 Å². The van der Waals surface area contributed by atoms with E-state index in [4.69, 9.17) is 5.11 Å². The van der Waals surface area contributed by atoms with Crippen LogP contribution in [0.15, 0.2) is 47.5 Å². The Kier molecular flexibility index (Phi) is 3.99. The van der Waals surface area contributed by atoms with Crippen molar-refractivity contribution in [2.45, 2.75) is 17.2 Å². The van der Waals surface area contributed by atoms with Gasteiger partial charge in [-0.2, -0.15) is 4.31 Å². The minimum atomic E-state index is -3.67. The molecule has 1 aliphatic heterocycles. The van der Waals surface area contributed by atoms with Gasteiger partial charge in [0.2, 0.25) is 10.0 Å². The van der Waals surface area contributed by atoms with Gasteiger partial charge in [0.15, 0.2) is 0 Å². The van der Waals surface area contributed by atoms with E-state index in [-0.39, 0.29) is 16.5 Å². The van der Waals surface area contributed by atoms with E-state index in [1.54, 1.807) is 0 Å². The van der Waals surface area contributed by atoms with E-state index in [9.17, 15) is 13.2 Å². The molecule has 7 heteroatoms. The largest absolute Gasteiger partial charge is 0.477 e. The molecule has 0 saturated carbocycles. The van der Waals surface area contributed by atoms with Crippen LogP contribution in [0.25, 0.3) is 0 Å². The smallest absolute Gasteiger partial charge is 0.352 e. The molecule has 23 heavy (non-hydrogen) atoms. The van der Waals surface area contributed by atoms with Crippen LogP contribution in [0.2, 0.25) is 0 Å². The number of carboxylic acids is 1. The van der Waals surface area contributed by atoms with E-state index in [2.05, 4.69) is 0 Å². The minimum Gasteiger partial charge on any atom is -0.477 e. The number of benzene rings is 1. The predicted molar refractivity (Wildman–Crippen MR) is 84.9 cm³/mol. The highest BCUT2D eigenvalue weighted by Gasteiger charge is 2.34. The molecule has 2 aromatic rings. The van der Waals surface area contributed by atoms with Crippen LogP contribution in [0.3, 0.4) is 0 Å². The number of carbonyl (C=O) groups is 1. The summed E-state index contributed by atoms with van der Waals surface area (Å²) >= 11 is 0. The molecule has 1 aromatic heterocycles. The average Bonchev–Trinajstić information content (AvgIpc) is 3.15. The Hall–Kier alpha value is -2.12. The Labute approximate surface area is 135 Å². The van der Waals surface area contributed by atoms with Crippen molar-refractivity contribution < 1.29 is 18.3 Å². The molecule has 1 unspecified atom stereocenters. The molecule has 1 N–H and O–H groups in total. The van der Waals surface area contributed by atoms with Gasteiger partial charge in [-0.15, -0.1) is 0 Å². The van der Waals surface area contributed by atoms with Crippen molar-refractivity contribution in [2.75, 3.05) is 13.1 Å². The minimum absolute atomic E-state index is 0.0334. The maximum Gasteiger partial charge on any atom is 0.352 e. The molecule has 3 rings (SSSR count). The summed E-state index contributed by atoms with van der Waals surface area (Å²) in [6.45, 7) is 0.864. The first-order valence-corrected chi connectivity index (χ1v) is 8.78. The van der Waals surface area contributed by atoms with Gasteiger partial charge < -0.3 is 9.67 Å². The zero-order valence-corrected chi connectivity index (χ0v) is 13.5. The molecule has 0 spiro atoms. The van der Waals surface area contributed by atoms with Gasteiger partial charge in [0.05, 0.1) is 0 Å². The van der Waals surface area contributed by atoms with Gasteiger partial charge in [0.1, 0.15) is 10.6 Å². The Morgan fingerprint density at radius 3 is 2.57 bits per heavy atom. The molecular formula is C16H18N2O4S. The van der Waals surface area contributed by atoms with Gasteiger partial charge in [-0.3, -0.25) is 0 Å². The van der Waals surface area contributed by atoms with Crippen LogP contribution in [0, 0.1) is 0 Å². The number of rotatable bonds is 4. The molecule has 1 aromatic carbocycles. The number of carboxylic acid groups (broad SMARTS) is 1. The fraction of sp³-hybridized carbons (Fsp3) is 0.312. The van der Waals surface area contributed by atoms with Gasteiger partial charge in [-0.25, -0.2) is 13.2 Å². The van der Waals surface area contributed by atoms with E-state index in [1.807, 2.05) is 30.3 Å². The Bertz CT molecular complexity index is 827. The topological polar surface area (TPSA) is 79.6 Å². The lowest BCUT2D eigenvalue weighted by Gasteiger charge is -2.15. The van der Waals surface area contributed by atoms with Crippen LogP contribution in [0.4, 0.5) is 0 Å². The van der Waals surface area contributed by atoms with Crippen molar-refractivity contribution in [1.29, 1.82) is 0 Å². The van der Waals surface area contributed by atoms with E-state index in [0.717, 1.165) is 12.0 Å². The molecule has 1 aliphatic rings. The van der Waals surface area contributed by atoms with Crippen molar-refractivity contribution in [1.82, 2.24) is 8.87 Å². The first-order valence-electron chi connectivity index (χ1n) is 7.34. The number of nitrogens with zero attached hydrogens (tertiary/aromatic N) is 2. The number of aromatic nitrogens is 1. The van der Waals surface area contributed by atoms with Crippen LogP contribution >= 0.6 is 0 Å². The molecule has 1 fully saturated rings. The van der Waals surface area contributed by atoms with Crippen LogP contribution in [-0.4, -0.2) is 41.5 Å². The Balaban J connectivity index is 1.84. The van der Waals surface area contributed by atoms with Gasteiger partial charge in [0, 0.05) is 26.3 Å². The van der Waals surface area contributed by atoms with Crippen LogP contribution in [0.1, 0.15) is 28.4 Å². The standard InChI is InChI=1S/C16H18N2O4S/c1-17-11-14(9-15(17)16(19)20)23(21,22)18-8-7-13(10-18)12-5-3-2-4-6-12/h2-6,9,11,13H,7-8,10H2,1H3,(H,19,20). The second kappa shape index (κ2) is 5.82. The van der Waals surface area contributed by atoms with E-state index in [0.29, 0.717) is 13.1 Å². The summed E-state index contributed by atoms with van der Waals surface area (Å²) in [7, 11) is -2.14.